The van der Waals surface area contributed by atoms with Crippen LogP contribution in [-0.4, -0.2) is 49.6 Å². The van der Waals surface area contributed by atoms with Crippen molar-refractivity contribution in [3.8, 4) is 0 Å². The molecule has 12 heavy (non-hydrogen) atoms. The minimum atomic E-state index is 0.262. The lowest BCUT2D eigenvalue weighted by molar-refractivity contribution is 0.191. The quantitative estimate of drug-likeness (QED) is 0.635. The van der Waals surface area contributed by atoms with Gasteiger partial charge in [-0.15, -0.1) is 0 Å². The summed E-state index contributed by atoms with van der Waals surface area (Å²) in [6, 6.07) is 0. The molecule has 1 N–H and O–H groups in total. The molecule has 2 nitrogen and oxygen atoms in total. The summed E-state index contributed by atoms with van der Waals surface area (Å²) in [6.07, 6.45) is 2.14. The molecule has 0 aliphatic carbocycles. The fraction of sp³-hybridized carbons (Fsp3) is 1.00. The van der Waals surface area contributed by atoms with Gasteiger partial charge in [0.25, 0.3) is 0 Å². The molecule has 0 aromatic heterocycles. The smallest absolute Gasteiger partial charge is 0.0271 e. The van der Waals surface area contributed by atoms with Crippen LogP contribution < -0.4 is 5.32 Å². The van der Waals surface area contributed by atoms with Crippen molar-refractivity contribution in [3.05, 3.63) is 0 Å². The van der Waals surface area contributed by atoms with E-state index in [1.54, 1.807) is 0 Å². The Bertz CT molecular complexity index is 113. The summed E-state index contributed by atoms with van der Waals surface area (Å²) in [5.74, 6) is 1.20. The summed E-state index contributed by atoms with van der Waals surface area (Å²) >= 11 is 1.88. The van der Waals surface area contributed by atoms with E-state index in [9.17, 15) is 0 Å². The predicted octanol–water partition coefficient (Wildman–Crippen LogP) is 1.28. The number of nitrogens with zero attached hydrogens (tertiary/aromatic N) is 1. The van der Waals surface area contributed by atoms with E-state index in [1.807, 2.05) is 11.8 Å². The largest absolute Gasteiger partial charge is 0.314 e. The Labute approximate surface area is 81.1 Å². The van der Waals surface area contributed by atoms with E-state index in [2.05, 4.69) is 44.4 Å². The minimum Gasteiger partial charge on any atom is -0.314 e. The first-order valence-corrected chi connectivity index (χ1v) is 5.77. The first-order chi connectivity index (χ1) is 5.50. The molecule has 0 aromatic rings. The van der Waals surface area contributed by atoms with Gasteiger partial charge >= 0.3 is 0 Å². The molecule has 0 spiro atoms. The van der Waals surface area contributed by atoms with Crippen LogP contribution >= 0.6 is 11.8 Å². The third-order valence-electron chi connectivity index (χ3n) is 2.25. The number of likely N-dealkylation sites (N-methyl/N-ethyl adjacent to an activating group) is 1. The highest BCUT2D eigenvalue weighted by Gasteiger charge is 2.18. The number of nitrogens with one attached hydrogen (secondary N) is 1. The monoisotopic (exact) mass is 190 g/mol. The second-order valence-electron chi connectivity index (χ2n) is 3.88. The molecule has 3 heteroatoms. The summed E-state index contributed by atoms with van der Waals surface area (Å²) in [5, 5.41) is 3.45. The second kappa shape index (κ2) is 5.84. The summed E-state index contributed by atoms with van der Waals surface area (Å²) in [5.41, 5.74) is 0.262. The average molecular weight is 190 g/mol. The normalized spacial score (nSPS) is 12.5. The van der Waals surface area contributed by atoms with Gasteiger partial charge in [0, 0.05) is 24.4 Å². The van der Waals surface area contributed by atoms with E-state index in [0.717, 1.165) is 13.1 Å². The molecule has 0 heterocycles. The number of rotatable bonds is 6. The van der Waals surface area contributed by atoms with Gasteiger partial charge in [0.2, 0.25) is 0 Å². The van der Waals surface area contributed by atoms with Gasteiger partial charge in [0.15, 0.2) is 0 Å². The molecule has 0 saturated carbocycles. The first-order valence-electron chi connectivity index (χ1n) is 4.38. The van der Waals surface area contributed by atoms with E-state index in [1.165, 1.54) is 5.75 Å². The summed E-state index contributed by atoms with van der Waals surface area (Å²) < 4.78 is 0. The fourth-order valence-corrected chi connectivity index (χ4v) is 1.08. The Kier molecular flexibility index (Phi) is 5.97. The Balaban J connectivity index is 3.47. The summed E-state index contributed by atoms with van der Waals surface area (Å²) in [6.45, 7) is 6.66. The molecule has 0 atom stereocenters. The van der Waals surface area contributed by atoms with Crippen molar-refractivity contribution in [2.24, 2.45) is 0 Å². The van der Waals surface area contributed by atoms with Crippen molar-refractivity contribution in [3.63, 3.8) is 0 Å². The zero-order valence-electron chi connectivity index (χ0n) is 8.98. The van der Waals surface area contributed by atoms with Crippen molar-refractivity contribution in [1.82, 2.24) is 10.2 Å². The van der Waals surface area contributed by atoms with Crippen LogP contribution in [0.5, 0.6) is 0 Å². The van der Waals surface area contributed by atoms with Crippen LogP contribution in [0.3, 0.4) is 0 Å². The van der Waals surface area contributed by atoms with Crippen molar-refractivity contribution in [1.29, 1.82) is 0 Å². The number of hydrogen-bond acceptors (Lipinski definition) is 3. The van der Waals surface area contributed by atoms with Gasteiger partial charge < -0.3 is 10.2 Å². The molecule has 0 saturated heterocycles. The molecule has 0 bridgehead atoms. The fourth-order valence-electron chi connectivity index (χ4n) is 0.727. The van der Waals surface area contributed by atoms with Crippen molar-refractivity contribution >= 4 is 11.8 Å². The van der Waals surface area contributed by atoms with Gasteiger partial charge in [-0.3, -0.25) is 0 Å². The highest BCUT2D eigenvalue weighted by molar-refractivity contribution is 7.98. The maximum Gasteiger partial charge on any atom is 0.0271 e. The van der Waals surface area contributed by atoms with Gasteiger partial charge in [-0.1, -0.05) is 0 Å². The van der Waals surface area contributed by atoms with Gasteiger partial charge in [0.05, 0.1) is 0 Å². The molecular formula is C9H22N2S. The van der Waals surface area contributed by atoms with E-state index < -0.39 is 0 Å². The molecule has 74 valence electrons. The third-order valence-corrected chi connectivity index (χ3v) is 2.86. The number of thioether (sulfide) groups is 1. The standard InChI is InChI=1S/C9H22N2S/c1-9(2,11(3)4)8-10-6-7-12-5/h10H,6-8H2,1-5H3. The molecule has 0 unspecified atom stereocenters. The molecular weight excluding hydrogens is 168 g/mol. The van der Waals surface area contributed by atoms with Crippen molar-refractivity contribution in [2.45, 2.75) is 19.4 Å². The molecule has 0 aromatic carbocycles. The SMILES string of the molecule is CSCCNCC(C)(C)N(C)C. The van der Waals surface area contributed by atoms with Gasteiger partial charge in [-0.25, -0.2) is 0 Å². The van der Waals surface area contributed by atoms with Gasteiger partial charge in [0.1, 0.15) is 0 Å². The molecule has 0 amide bonds. The Morgan fingerprint density at radius 1 is 1.33 bits per heavy atom. The van der Waals surface area contributed by atoms with E-state index >= 15 is 0 Å². The Morgan fingerprint density at radius 2 is 1.92 bits per heavy atom. The highest BCUT2D eigenvalue weighted by Crippen LogP contribution is 2.07. The average Bonchev–Trinajstić information content (AvgIpc) is 1.98. The third kappa shape index (κ3) is 5.01. The Hall–Kier alpha value is 0.270. The second-order valence-corrected chi connectivity index (χ2v) is 4.86. The first kappa shape index (κ1) is 12.3. The summed E-state index contributed by atoms with van der Waals surface area (Å²) in [4.78, 5) is 2.25. The molecule has 0 aliphatic rings. The van der Waals surface area contributed by atoms with Crippen LogP contribution in [0.1, 0.15) is 13.8 Å². The van der Waals surface area contributed by atoms with Crippen LogP contribution in [0.25, 0.3) is 0 Å². The van der Waals surface area contributed by atoms with Crippen molar-refractivity contribution < 1.29 is 0 Å². The van der Waals surface area contributed by atoms with Crippen LogP contribution in [0.15, 0.2) is 0 Å². The van der Waals surface area contributed by atoms with Crippen LogP contribution in [0.4, 0.5) is 0 Å². The van der Waals surface area contributed by atoms with Gasteiger partial charge in [-0.05, 0) is 34.2 Å². The van der Waals surface area contributed by atoms with Crippen LogP contribution in [0, 0.1) is 0 Å². The molecule has 0 aliphatic heterocycles. The lowest BCUT2D eigenvalue weighted by Gasteiger charge is -2.32. The zero-order valence-corrected chi connectivity index (χ0v) is 9.79. The maximum absolute atomic E-state index is 3.45. The lowest BCUT2D eigenvalue weighted by atomic mass is 10.0. The van der Waals surface area contributed by atoms with Crippen LogP contribution in [0.2, 0.25) is 0 Å². The zero-order chi connectivity index (χ0) is 9.61. The van der Waals surface area contributed by atoms with E-state index in [0.29, 0.717) is 0 Å². The van der Waals surface area contributed by atoms with Crippen LogP contribution in [-0.2, 0) is 0 Å². The lowest BCUT2D eigenvalue weighted by Crippen LogP contribution is -2.47. The maximum atomic E-state index is 3.45. The van der Waals surface area contributed by atoms with Gasteiger partial charge in [-0.2, -0.15) is 11.8 Å². The number of hydrogen-bond donors (Lipinski definition) is 1. The Morgan fingerprint density at radius 3 is 2.33 bits per heavy atom. The van der Waals surface area contributed by atoms with E-state index in [-0.39, 0.29) is 5.54 Å². The van der Waals surface area contributed by atoms with Crippen molar-refractivity contribution in [2.75, 3.05) is 39.2 Å². The predicted molar refractivity (Wildman–Crippen MR) is 59.0 cm³/mol. The minimum absolute atomic E-state index is 0.262. The van der Waals surface area contributed by atoms with E-state index in [4.69, 9.17) is 0 Å². The summed E-state index contributed by atoms with van der Waals surface area (Å²) in [7, 11) is 4.24. The highest BCUT2D eigenvalue weighted by atomic mass is 32.2. The molecule has 0 fully saturated rings. The topological polar surface area (TPSA) is 15.3 Å². The molecule has 0 radical (unpaired) electrons. The molecule has 0 rings (SSSR count).